The van der Waals surface area contributed by atoms with Gasteiger partial charge < -0.3 is 0 Å². The summed E-state index contributed by atoms with van der Waals surface area (Å²) in [6.45, 7) is 4.34. The molecule has 0 bridgehead atoms. The zero-order valence-corrected chi connectivity index (χ0v) is 9.38. The Morgan fingerprint density at radius 3 is 2.33 bits per heavy atom. The summed E-state index contributed by atoms with van der Waals surface area (Å²) in [6, 6.07) is 10.4. The van der Waals surface area contributed by atoms with Gasteiger partial charge in [0.1, 0.15) is 0 Å². The Morgan fingerprint density at radius 2 is 1.83 bits per heavy atom. The molecule has 1 aromatic carbocycles. The summed E-state index contributed by atoms with van der Waals surface area (Å²) in [4.78, 5) is 0. The molecular formula is C10H13MoN. The number of hydrogen-bond acceptors (Lipinski definition) is 1. The summed E-state index contributed by atoms with van der Waals surface area (Å²) in [6.07, 6.45) is 0. The van der Waals surface area contributed by atoms with Crippen LogP contribution >= 0.6 is 0 Å². The molecule has 1 aromatic rings. The number of rotatable bonds is 2. The fourth-order valence-corrected chi connectivity index (χ4v) is 2.14. The van der Waals surface area contributed by atoms with E-state index in [0.717, 1.165) is 0 Å². The van der Waals surface area contributed by atoms with Crippen molar-refractivity contribution >= 4 is 4.40 Å². The van der Waals surface area contributed by atoms with Crippen molar-refractivity contribution in [1.29, 1.82) is 3.91 Å². The van der Waals surface area contributed by atoms with Crippen LogP contribution in [0.3, 0.4) is 0 Å². The van der Waals surface area contributed by atoms with Crippen molar-refractivity contribution in [3.63, 3.8) is 0 Å². The SMILES string of the molecule is CC(C)([CH]=[Mo]=[NH])c1ccccc1. The quantitative estimate of drug-likeness (QED) is 0.772. The maximum absolute atomic E-state index is 7.28. The summed E-state index contributed by atoms with van der Waals surface area (Å²) in [5, 5.41) is 0. The van der Waals surface area contributed by atoms with Crippen LogP contribution in [0.5, 0.6) is 0 Å². The predicted molar refractivity (Wildman–Crippen MR) is 48.3 cm³/mol. The fraction of sp³-hybridized carbons (Fsp3) is 0.300. The maximum atomic E-state index is 7.28. The molecule has 0 saturated heterocycles. The molecule has 0 unspecified atom stereocenters. The Labute approximate surface area is 81.5 Å². The average molecular weight is 243 g/mol. The van der Waals surface area contributed by atoms with Crippen LogP contribution in [-0.4, -0.2) is 4.40 Å². The van der Waals surface area contributed by atoms with E-state index in [1.807, 2.05) is 6.07 Å². The van der Waals surface area contributed by atoms with E-state index in [1.54, 1.807) is 0 Å². The van der Waals surface area contributed by atoms with E-state index in [-0.39, 0.29) is 5.41 Å². The van der Waals surface area contributed by atoms with Gasteiger partial charge in [0.15, 0.2) is 0 Å². The van der Waals surface area contributed by atoms with E-state index in [4.69, 9.17) is 3.91 Å². The summed E-state index contributed by atoms with van der Waals surface area (Å²) in [7, 11) is 0. The number of nitrogens with one attached hydrogen (secondary N) is 1. The summed E-state index contributed by atoms with van der Waals surface area (Å²) < 4.78 is 9.43. The molecule has 0 heterocycles. The molecule has 0 aromatic heterocycles. The van der Waals surface area contributed by atoms with Gasteiger partial charge in [-0.15, -0.1) is 0 Å². The molecule has 2 heteroatoms. The monoisotopic (exact) mass is 245 g/mol. The van der Waals surface area contributed by atoms with Crippen molar-refractivity contribution in [2.24, 2.45) is 0 Å². The third-order valence-electron chi connectivity index (χ3n) is 1.87. The Morgan fingerprint density at radius 1 is 1.25 bits per heavy atom. The molecule has 1 nitrogen and oxygen atoms in total. The van der Waals surface area contributed by atoms with Crippen LogP contribution in [0.1, 0.15) is 19.4 Å². The summed E-state index contributed by atoms with van der Waals surface area (Å²) >= 11 is -0.639. The molecule has 12 heavy (non-hydrogen) atoms. The second kappa shape index (κ2) is 4.00. The molecule has 0 saturated carbocycles. The van der Waals surface area contributed by atoms with E-state index in [1.165, 1.54) is 5.56 Å². The van der Waals surface area contributed by atoms with Crippen molar-refractivity contribution < 1.29 is 17.9 Å². The summed E-state index contributed by atoms with van der Waals surface area (Å²) in [5.74, 6) is 0. The van der Waals surface area contributed by atoms with Gasteiger partial charge in [-0.1, -0.05) is 0 Å². The minimum absolute atomic E-state index is 0.0885. The average Bonchev–Trinajstić information content (AvgIpc) is 2.06. The van der Waals surface area contributed by atoms with Gasteiger partial charge in [-0.2, -0.15) is 0 Å². The Balaban J connectivity index is 3.05. The number of benzene rings is 1. The van der Waals surface area contributed by atoms with Gasteiger partial charge in [0, 0.05) is 0 Å². The Bertz CT molecular complexity index is 297. The first-order chi connectivity index (χ1) is 5.67. The number of hydrogen-bond donors (Lipinski definition) is 1. The minimum atomic E-state index is -0.639. The van der Waals surface area contributed by atoms with Gasteiger partial charge in [-0.25, -0.2) is 0 Å². The van der Waals surface area contributed by atoms with Crippen molar-refractivity contribution in [2.75, 3.05) is 0 Å². The van der Waals surface area contributed by atoms with Crippen LogP contribution in [0.15, 0.2) is 30.3 Å². The molecule has 0 aliphatic carbocycles. The van der Waals surface area contributed by atoms with E-state index in [2.05, 4.69) is 42.5 Å². The van der Waals surface area contributed by atoms with E-state index < -0.39 is 17.9 Å². The molecule has 1 N–H and O–H groups in total. The summed E-state index contributed by atoms with van der Waals surface area (Å²) in [5.41, 5.74) is 1.40. The normalized spacial score (nSPS) is 10.8. The van der Waals surface area contributed by atoms with Crippen molar-refractivity contribution in [2.45, 2.75) is 19.3 Å². The molecule has 0 fully saturated rings. The van der Waals surface area contributed by atoms with Gasteiger partial charge in [0.25, 0.3) is 0 Å². The molecule has 0 radical (unpaired) electrons. The van der Waals surface area contributed by atoms with Crippen LogP contribution < -0.4 is 0 Å². The molecule has 0 amide bonds. The molecule has 0 aliphatic rings. The van der Waals surface area contributed by atoms with Gasteiger partial charge in [0.2, 0.25) is 0 Å². The first-order valence-electron chi connectivity index (χ1n) is 3.89. The van der Waals surface area contributed by atoms with E-state index in [9.17, 15) is 0 Å². The van der Waals surface area contributed by atoms with Crippen LogP contribution in [0.4, 0.5) is 0 Å². The van der Waals surface area contributed by atoms with E-state index in [0.29, 0.717) is 0 Å². The second-order valence-corrected chi connectivity index (χ2v) is 4.48. The molecule has 0 spiro atoms. The zero-order valence-electron chi connectivity index (χ0n) is 7.37. The van der Waals surface area contributed by atoms with Crippen LogP contribution in [0.25, 0.3) is 0 Å². The van der Waals surface area contributed by atoms with Crippen molar-refractivity contribution in [3.8, 4) is 0 Å². The second-order valence-electron chi connectivity index (χ2n) is 3.32. The van der Waals surface area contributed by atoms with Gasteiger partial charge >= 0.3 is 81.4 Å². The third kappa shape index (κ3) is 2.28. The van der Waals surface area contributed by atoms with Crippen LogP contribution in [-0.2, 0) is 23.3 Å². The molecule has 1 rings (SSSR count). The molecule has 0 aliphatic heterocycles. The van der Waals surface area contributed by atoms with Crippen LogP contribution in [0, 0.1) is 3.91 Å². The molecule has 64 valence electrons. The van der Waals surface area contributed by atoms with Gasteiger partial charge in [-0.05, 0) is 0 Å². The zero-order chi connectivity index (χ0) is 9.03. The van der Waals surface area contributed by atoms with Gasteiger partial charge in [0.05, 0.1) is 0 Å². The first-order valence-corrected chi connectivity index (χ1v) is 6.05. The first kappa shape index (κ1) is 9.66. The van der Waals surface area contributed by atoms with Crippen LogP contribution in [0.2, 0.25) is 0 Å². The third-order valence-corrected chi connectivity index (χ3v) is 3.61. The molecule has 0 atom stereocenters. The standard InChI is InChI=1S/C10H12.Mo.HN/c1-10(2,3)9-7-5-4-6-8-9;;/h1,4-8H,2-3H3;;1H. The van der Waals surface area contributed by atoms with E-state index >= 15 is 0 Å². The predicted octanol–water partition coefficient (Wildman–Crippen LogP) is 2.61. The van der Waals surface area contributed by atoms with Crippen molar-refractivity contribution in [1.82, 2.24) is 0 Å². The topological polar surface area (TPSA) is 23.9 Å². The van der Waals surface area contributed by atoms with Gasteiger partial charge in [-0.3, -0.25) is 0 Å². The van der Waals surface area contributed by atoms with Crippen molar-refractivity contribution in [3.05, 3.63) is 35.9 Å². The Hall–Kier alpha value is -0.422. The Kier molecular flexibility index (Phi) is 3.22. The molecular weight excluding hydrogens is 230 g/mol. The fourth-order valence-electron chi connectivity index (χ4n) is 1.08.